The average molecular weight is 346 g/mol. The summed E-state index contributed by atoms with van der Waals surface area (Å²) in [4.78, 5) is 15.9. The SMILES string of the molecule is COC(=O)c1ccccc1Cn1ccnc1-c1ccc(F)c(F)c1F. The number of carbonyl (C=O) groups is 1. The highest BCUT2D eigenvalue weighted by Gasteiger charge is 2.19. The molecule has 0 N–H and O–H groups in total. The second-order valence-corrected chi connectivity index (χ2v) is 5.25. The summed E-state index contributed by atoms with van der Waals surface area (Å²) in [7, 11) is 1.28. The number of aromatic nitrogens is 2. The molecule has 0 fully saturated rings. The van der Waals surface area contributed by atoms with Crippen LogP contribution in [0.4, 0.5) is 13.2 Å². The van der Waals surface area contributed by atoms with Gasteiger partial charge in [-0.1, -0.05) is 18.2 Å². The number of imidazole rings is 1. The number of esters is 1. The van der Waals surface area contributed by atoms with Crippen LogP contribution in [0, 0.1) is 17.5 Å². The molecule has 0 saturated heterocycles. The maximum atomic E-state index is 14.1. The van der Waals surface area contributed by atoms with Gasteiger partial charge in [0.2, 0.25) is 0 Å². The van der Waals surface area contributed by atoms with Crippen LogP contribution in [-0.2, 0) is 11.3 Å². The predicted molar refractivity (Wildman–Crippen MR) is 84.4 cm³/mol. The lowest BCUT2D eigenvalue weighted by atomic mass is 10.1. The molecule has 0 saturated carbocycles. The van der Waals surface area contributed by atoms with E-state index in [9.17, 15) is 18.0 Å². The van der Waals surface area contributed by atoms with Crippen LogP contribution in [-0.4, -0.2) is 22.6 Å². The summed E-state index contributed by atoms with van der Waals surface area (Å²) in [6.45, 7) is 0.180. The molecule has 0 bridgehead atoms. The van der Waals surface area contributed by atoms with Crippen molar-refractivity contribution in [3.63, 3.8) is 0 Å². The first-order chi connectivity index (χ1) is 12.0. The van der Waals surface area contributed by atoms with E-state index < -0.39 is 23.4 Å². The van der Waals surface area contributed by atoms with Gasteiger partial charge in [-0.3, -0.25) is 0 Å². The van der Waals surface area contributed by atoms with Crippen molar-refractivity contribution in [3.05, 3.63) is 77.4 Å². The van der Waals surface area contributed by atoms with Crippen molar-refractivity contribution < 1.29 is 22.7 Å². The number of hydrogen-bond acceptors (Lipinski definition) is 3. The van der Waals surface area contributed by atoms with Crippen LogP contribution in [0.25, 0.3) is 11.4 Å². The highest BCUT2D eigenvalue weighted by atomic mass is 19.2. The Morgan fingerprint density at radius 2 is 1.88 bits per heavy atom. The maximum Gasteiger partial charge on any atom is 0.338 e. The molecule has 0 spiro atoms. The zero-order valence-electron chi connectivity index (χ0n) is 13.2. The number of hydrogen-bond donors (Lipinski definition) is 0. The van der Waals surface area contributed by atoms with Gasteiger partial charge in [-0.15, -0.1) is 0 Å². The molecular formula is C18H13F3N2O2. The second-order valence-electron chi connectivity index (χ2n) is 5.25. The summed E-state index contributed by atoms with van der Waals surface area (Å²) in [5.41, 5.74) is 0.812. The van der Waals surface area contributed by atoms with E-state index in [1.807, 2.05) is 0 Å². The minimum Gasteiger partial charge on any atom is -0.465 e. The van der Waals surface area contributed by atoms with Crippen molar-refractivity contribution in [3.8, 4) is 11.4 Å². The number of halogens is 3. The molecule has 1 heterocycles. The minimum atomic E-state index is -1.55. The molecule has 0 aliphatic rings. The van der Waals surface area contributed by atoms with Crippen molar-refractivity contribution in [2.24, 2.45) is 0 Å². The van der Waals surface area contributed by atoms with Gasteiger partial charge in [0.25, 0.3) is 0 Å². The molecule has 2 aromatic carbocycles. The third kappa shape index (κ3) is 3.13. The Hall–Kier alpha value is -3.09. The van der Waals surface area contributed by atoms with Gasteiger partial charge < -0.3 is 9.30 Å². The highest BCUT2D eigenvalue weighted by molar-refractivity contribution is 5.91. The van der Waals surface area contributed by atoms with Gasteiger partial charge in [0.1, 0.15) is 5.82 Å². The number of methoxy groups -OCH3 is 1. The van der Waals surface area contributed by atoms with Gasteiger partial charge in [0, 0.05) is 18.9 Å². The van der Waals surface area contributed by atoms with Crippen LogP contribution in [0.1, 0.15) is 15.9 Å². The van der Waals surface area contributed by atoms with Gasteiger partial charge >= 0.3 is 5.97 Å². The molecule has 0 aliphatic carbocycles. The van der Waals surface area contributed by atoms with Gasteiger partial charge in [-0.2, -0.15) is 0 Å². The summed E-state index contributed by atoms with van der Waals surface area (Å²) in [5.74, 6) is -4.52. The number of rotatable bonds is 4. The number of carbonyl (C=O) groups excluding carboxylic acids is 1. The van der Waals surface area contributed by atoms with Gasteiger partial charge in [0.05, 0.1) is 18.2 Å². The summed E-state index contributed by atoms with van der Waals surface area (Å²) in [6.07, 6.45) is 2.97. The zero-order valence-corrected chi connectivity index (χ0v) is 13.2. The van der Waals surface area contributed by atoms with E-state index in [1.165, 1.54) is 17.9 Å². The van der Waals surface area contributed by atoms with E-state index >= 15 is 0 Å². The smallest absolute Gasteiger partial charge is 0.338 e. The topological polar surface area (TPSA) is 44.1 Å². The fraction of sp³-hybridized carbons (Fsp3) is 0.111. The first-order valence-electron chi connectivity index (χ1n) is 7.34. The lowest BCUT2D eigenvalue weighted by molar-refractivity contribution is 0.0599. The number of ether oxygens (including phenoxy) is 1. The van der Waals surface area contributed by atoms with Gasteiger partial charge in [-0.25, -0.2) is 22.9 Å². The molecule has 0 aliphatic heterocycles. The third-order valence-corrected chi connectivity index (χ3v) is 3.75. The monoisotopic (exact) mass is 346 g/mol. The normalized spacial score (nSPS) is 10.7. The molecule has 3 aromatic rings. The van der Waals surface area contributed by atoms with Crippen LogP contribution < -0.4 is 0 Å². The quantitative estimate of drug-likeness (QED) is 0.533. The molecule has 4 nitrogen and oxygen atoms in total. The first-order valence-corrected chi connectivity index (χ1v) is 7.34. The lowest BCUT2D eigenvalue weighted by Gasteiger charge is -2.12. The van der Waals surface area contributed by atoms with Crippen LogP contribution in [0.2, 0.25) is 0 Å². The Balaban J connectivity index is 2.02. The predicted octanol–water partition coefficient (Wildman–Crippen LogP) is 3.80. The third-order valence-electron chi connectivity index (χ3n) is 3.75. The molecule has 0 radical (unpaired) electrons. The molecule has 0 unspecified atom stereocenters. The summed E-state index contributed by atoms with van der Waals surface area (Å²) >= 11 is 0. The second kappa shape index (κ2) is 6.80. The van der Waals surface area contributed by atoms with E-state index in [4.69, 9.17) is 4.74 Å². The maximum absolute atomic E-state index is 14.1. The van der Waals surface area contributed by atoms with Crippen LogP contribution in [0.3, 0.4) is 0 Å². The molecule has 128 valence electrons. The Kier molecular flexibility index (Phi) is 4.56. The Labute approximate surface area is 141 Å². The molecule has 0 amide bonds. The van der Waals surface area contributed by atoms with Crippen molar-refractivity contribution in [1.82, 2.24) is 9.55 Å². The Morgan fingerprint density at radius 3 is 2.64 bits per heavy atom. The zero-order chi connectivity index (χ0) is 18.0. The van der Waals surface area contributed by atoms with Crippen molar-refractivity contribution in [2.75, 3.05) is 7.11 Å². The number of nitrogens with zero attached hydrogens (tertiary/aromatic N) is 2. The van der Waals surface area contributed by atoms with Gasteiger partial charge in [0.15, 0.2) is 17.5 Å². The molecule has 3 rings (SSSR count). The summed E-state index contributed by atoms with van der Waals surface area (Å²) < 4.78 is 47.0. The summed E-state index contributed by atoms with van der Waals surface area (Å²) in [6, 6.07) is 8.73. The molecule has 0 atom stereocenters. The Morgan fingerprint density at radius 1 is 1.12 bits per heavy atom. The van der Waals surface area contributed by atoms with Gasteiger partial charge in [-0.05, 0) is 23.8 Å². The van der Waals surface area contributed by atoms with E-state index in [-0.39, 0.29) is 17.9 Å². The van der Waals surface area contributed by atoms with E-state index in [0.29, 0.717) is 11.1 Å². The average Bonchev–Trinajstić information content (AvgIpc) is 3.07. The van der Waals surface area contributed by atoms with E-state index in [0.717, 1.165) is 12.1 Å². The largest absolute Gasteiger partial charge is 0.465 e. The van der Waals surface area contributed by atoms with E-state index in [2.05, 4.69) is 4.98 Å². The lowest BCUT2D eigenvalue weighted by Crippen LogP contribution is -2.10. The van der Waals surface area contributed by atoms with Crippen molar-refractivity contribution in [1.29, 1.82) is 0 Å². The fourth-order valence-corrected chi connectivity index (χ4v) is 2.53. The van der Waals surface area contributed by atoms with Crippen molar-refractivity contribution in [2.45, 2.75) is 6.54 Å². The molecule has 7 heteroatoms. The van der Waals surface area contributed by atoms with Crippen molar-refractivity contribution >= 4 is 5.97 Å². The number of benzene rings is 2. The van der Waals surface area contributed by atoms with Crippen LogP contribution in [0.15, 0.2) is 48.8 Å². The molecule has 25 heavy (non-hydrogen) atoms. The van der Waals surface area contributed by atoms with Crippen LogP contribution in [0.5, 0.6) is 0 Å². The van der Waals surface area contributed by atoms with E-state index in [1.54, 1.807) is 30.5 Å². The highest BCUT2D eigenvalue weighted by Crippen LogP contribution is 2.25. The Bertz CT molecular complexity index is 938. The fourth-order valence-electron chi connectivity index (χ4n) is 2.53. The minimum absolute atomic E-state index is 0.121. The standard InChI is InChI=1S/C18H13F3N2O2/c1-25-18(24)12-5-3-2-4-11(12)10-23-9-8-22-17(23)13-6-7-14(19)16(21)15(13)20/h2-9H,10H2,1H3. The molecule has 1 aromatic heterocycles. The summed E-state index contributed by atoms with van der Waals surface area (Å²) in [5, 5.41) is 0. The first kappa shape index (κ1) is 16.8. The molecular weight excluding hydrogens is 333 g/mol. The van der Waals surface area contributed by atoms with Crippen LogP contribution >= 0.6 is 0 Å².